The van der Waals surface area contributed by atoms with Gasteiger partial charge >= 0.3 is 0 Å². The van der Waals surface area contributed by atoms with Crippen LogP contribution in [0.15, 0.2) is 17.0 Å². The Balaban J connectivity index is 2.14. The number of nitrogens with one attached hydrogen (secondary N) is 2. The topological polar surface area (TPSA) is 87.7 Å². The molecule has 0 bridgehead atoms. The summed E-state index contributed by atoms with van der Waals surface area (Å²) in [5.41, 5.74) is 0.718. The number of nitrogens with zero attached hydrogens (tertiary/aromatic N) is 1. The SMILES string of the molecule is CCOc1cc(C)c(Cl)cc1S(=O)(=O)NCC(=O)N1CCNCC1. The summed E-state index contributed by atoms with van der Waals surface area (Å²) in [4.78, 5) is 13.7. The fourth-order valence-electron chi connectivity index (χ4n) is 2.38. The lowest BCUT2D eigenvalue weighted by atomic mass is 10.2. The van der Waals surface area contributed by atoms with Gasteiger partial charge in [-0.1, -0.05) is 11.6 Å². The first-order valence-electron chi connectivity index (χ1n) is 7.76. The lowest BCUT2D eigenvalue weighted by molar-refractivity contribution is -0.130. The zero-order chi connectivity index (χ0) is 17.7. The minimum atomic E-state index is -3.91. The molecule has 1 saturated heterocycles. The van der Waals surface area contributed by atoms with Crippen LogP contribution < -0.4 is 14.8 Å². The van der Waals surface area contributed by atoms with Crippen LogP contribution in [0.2, 0.25) is 5.02 Å². The molecule has 2 rings (SSSR count). The lowest BCUT2D eigenvalue weighted by Crippen LogP contribution is -2.49. The minimum Gasteiger partial charge on any atom is -0.492 e. The van der Waals surface area contributed by atoms with Gasteiger partial charge in [0.15, 0.2) is 0 Å². The van der Waals surface area contributed by atoms with E-state index in [-0.39, 0.29) is 23.1 Å². The van der Waals surface area contributed by atoms with Gasteiger partial charge in [0.2, 0.25) is 15.9 Å². The van der Waals surface area contributed by atoms with Gasteiger partial charge < -0.3 is 15.0 Å². The maximum atomic E-state index is 12.5. The van der Waals surface area contributed by atoms with Gasteiger partial charge in [0.1, 0.15) is 10.6 Å². The first-order valence-corrected chi connectivity index (χ1v) is 9.62. The number of aryl methyl sites for hydroxylation is 1. The molecule has 0 radical (unpaired) electrons. The molecule has 134 valence electrons. The number of benzene rings is 1. The molecule has 1 aliphatic rings. The molecule has 1 aromatic carbocycles. The molecule has 0 aliphatic carbocycles. The number of hydrogen-bond acceptors (Lipinski definition) is 5. The van der Waals surface area contributed by atoms with Gasteiger partial charge in [-0.15, -0.1) is 0 Å². The predicted molar refractivity (Wildman–Crippen MR) is 92.0 cm³/mol. The summed E-state index contributed by atoms with van der Waals surface area (Å²) in [6.45, 7) is 6.12. The van der Waals surface area contributed by atoms with Gasteiger partial charge in [0.05, 0.1) is 13.2 Å². The Morgan fingerprint density at radius 2 is 2.04 bits per heavy atom. The van der Waals surface area contributed by atoms with E-state index in [2.05, 4.69) is 10.0 Å². The van der Waals surface area contributed by atoms with Crippen molar-refractivity contribution in [3.8, 4) is 5.75 Å². The molecule has 0 atom stereocenters. The smallest absolute Gasteiger partial charge is 0.244 e. The maximum absolute atomic E-state index is 12.5. The van der Waals surface area contributed by atoms with E-state index in [9.17, 15) is 13.2 Å². The van der Waals surface area contributed by atoms with Crippen molar-refractivity contribution in [1.82, 2.24) is 14.9 Å². The molecule has 0 saturated carbocycles. The van der Waals surface area contributed by atoms with Gasteiger partial charge in [-0.3, -0.25) is 4.79 Å². The largest absolute Gasteiger partial charge is 0.492 e. The molecule has 0 unspecified atom stereocenters. The Labute approximate surface area is 147 Å². The molecular weight excluding hydrogens is 354 g/mol. The maximum Gasteiger partial charge on any atom is 0.244 e. The van der Waals surface area contributed by atoms with E-state index in [1.807, 2.05) is 0 Å². The van der Waals surface area contributed by atoms with Gasteiger partial charge in [0.25, 0.3) is 0 Å². The number of carbonyl (C=O) groups is 1. The highest BCUT2D eigenvalue weighted by molar-refractivity contribution is 7.89. The van der Waals surface area contributed by atoms with Gasteiger partial charge in [0, 0.05) is 31.2 Å². The second-order valence-electron chi connectivity index (χ2n) is 5.44. The summed E-state index contributed by atoms with van der Waals surface area (Å²) in [6, 6.07) is 2.93. The van der Waals surface area contributed by atoms with E-state index in [0.29, 0.717) is 37.8 Å². The summed E-state index contributed by atoms with van der Waals surface area (Å²) in [6.07, 6.45) is 0. The molecular formula is C15H22ClN3O4S. The number of halogens is 1. The second kappa shape index (κ2) is 8.15. The summed E-state index contributed by atoms with van der Waals surface area (Å²) in [5.74, 6) is -0.0298. The average molecular weight is 376 g/mol. The average Bonchev–Trinajstić information content (AvgIpc) is 2.56. The Morgan fingerprint density at radius 3 is 2.67 bits per heavy atom. The molecule has 0 spiro atoms. The molecule has 2 N–H and O–H groups in total. The fourth-order valence-corrected chi connectivity index (χ4v) is 3.73. The van der Waals surface area contributed by atoms with Crippen LogP contribution in [0, 0.1) is 6.92 Å². The number of piperazine rings is 1. The van der Waals surface area contributed by atoms with E-state index in [4.69, 9.17) is 16.3 Å². The van der Waals surface area contributed by atoms with Crippen molar-refractivity contribution in [3.05, 3.63) is 22.7 Å². The third-order valence-corrected chi connectivity index (χ3v) is 5.53. The Bertz CT molecular complexity index is 703. The van der Waals surface area contributed by atoms with Crippen LogP contribution in [0.5, 0.6) is 5.75 Å². The highest BCUT2D eigenvalue weighted by Crippen LogP contribution is 2.30. The molecule has 1 aromatic rings. The number of carbonyl (C=O) groups excluding carboxylic acids is 1. The first-order chi connectivity index (χ1) is 11.3. The number of ether oxygens (including phenoxy) is 1. The Morgan fingerprint density at radius 1 is 1.38 bits per heavy atom. The van der Waals surface area contributed by atoms with Gasteiger partial charge in [-0.2, -0.15) is 0 Å². The quantitative estimate of drug-likeness (QED) is 0.766. The standard InChI is InChI=1S/C15H22ClN3O4S/c1-3-23-13-8-11(2)12(16)9-14(13)24(21,22)18-10-15(20)19-6-4-17-5-7-19/h8-9,17-18H,3-7,10H2,1-2H3. The normalized spacial score (nSPS) is 15.4. The number of sulfonamides is 1. The van der Waals surface area contributed by atoms with Crippen molar-refractivity contribution in [2.45, 2.75) is 18.7 Å². The summed E-state index contributed by atoms with van der Waals surface area (Å²) < 4.78 is 32.8. The van der Waals surface area contributed by atoms with Crippen LogP contribution in [-0.2, 0) is 14.8 Å². The van der Waals surface area contributed by atoms with Crippen molar-refractivity contribution in [2.75, 3.05) is 39.3 Å². The van der Waals surface area contributed by atoms with Crippen molar-refractivity contribution in [2.24, 2.45) is 0 Å². The molecule has 1 aliphatic heterocycles. The van der Waals surface area contributed by atoms with Crippen molar-refractivity contribution in [3.63, 3.8) is 0 Å². The third kappa shape index (κ3) is 4.60. The molecule has 0 aromatic heterocycles. The van der Waals surface area contributed by atoms with Crippen molar-refractivity contribution < 1.29 is 17.9 Å². The highest BCUT2D eigenvalue weighted by Gasteiger charge is 2.24. The van der Waals surface area contributed by atoms with E-state index in [1.165, 1.54) is 6.07 Å². The second-order valence-corrected chi connectivity index (χ2v) is 7.58. The molecule has 1 amide bonds. The van der Waals surface area contributed by atoms with Gasteiger partial charge in [-0.05, 0) is 31.5 Å². The fraction of sp³-hybridized carbons (Fsp3) is 0.533. The van der Waals surface area contributed by atoms with Crippen LogP contribution in [0.25, 0.3) is 0 Å². The van der Waals surface area contributed by atoms with Crippen LogP contribution in [0.1, 0.15) is 12.5 Å². The molecule has 24 heavy (non-hydrogen) atoms. The summed E-state index contributed by atoms with van der Waals surface area (Å²) in [5, 5.41) is 3.46. The zero-order valence-corrected chi connectivity index (χ0v) is 15.3. The number of amides is 1. The van der Waals surface area contributed by atoms with Crippen LogP contribution in [-0.4, -0.2) is 58.6 Å². The van der Waals surface area contributed by atoms with E-state index < -0.39 is 10.0 Å². The molecule has 1 fully saturated rings. The highest BCUT2D eigenvalue weighted by atomic mass is 35.5. The van der Waals surface area contributed by atoms with E-state index in [1.54, 1.807) is 24.8 Å². The lowest BCUT2D eigenvalue weighted by Gasteiger charge is -2.27. The minimum absolute atomic E-state index is 0.0620. The summed E-state index contributed by atoms with van der Waals surface area (Å²) in [7, 11) is -3.91. The van der Waals surface area contributed by atoms with Gasteiger partial charge in [-0.25, -0.2) is 13.1 Å². The molecule has 9 heteroatoms. The van der Waals surface area contributed by atoms with Crippen LogP contribution >= 0.6 is 11.6 Å². The van der Waals surface area contributed by atoms with E-state index >= 15 is 0 Å². The zero-order valence-electron chi connectivity index (χ0n) is 13.8. The summed E-state index contributed by atoms with van der Waals surface area (Å²) >= 11 is 6.05. The Kier molecular flexibility index (Phi) is 6.45. The monoisotopic (exact) mass is 375 g/mol. The van der Waals surface area contributed by atoms with Crippen LogP contribution in [0.4, 0.5) is 0 Å². The number of rotatable bonds is 6. The molecule has 7 nitrogen and oxygen atoms in total. The van der Waals surface area contributed by atoms with Crippen LogP contribution in [0.3, 0.4) is 0 Å². The number of hydrogen-bond donors (Lipinski definition) is 2. The third-order valence-electron chi connectivity index (χ3n) is 3.70. The Hall–Kier alpha value is -1.35. The predicted octanol–water partition coefficient (Wildman–Crippen LogP) is 0.757. The molecule has 1 heterocycles. The first kappa shape index (κ1) is 19.0. The van der Waals surface area contributed by atoms with Crippen molar-refractivity contribution >= 4 is 27.5 Å². The van der Waals surface area contributed by atoms with Crippen molar-refractivity contribution in [1.29, 1.82) is 0 Å². The van der Waals surface area contributed by atoms with E-state index in [0.717, 1.165) is 5.56 Å².